The number of non-ortho nitro benzene ring substituents is 1. The van der Waals surface area contributed by atoms with Crippen LogP contribution in [0.4, 0.5) is 5.69 Å². The molecular formula is C14H20N2O3S. The van der Waals surface area contributed by atoms with E-state index in [0.29, 0.717) is 11.5 Å². The van der Waals surface area contributed by atoms with Crippen molar-refractivity contribution < 1.29 is 9.72 Å². The summed E-state index contributed by atoms with van der Waals surface area (Å²) in [6, 6.07) is 6.68. The van der Waals surface area contributed by atoms with Crippen molar-refractivity contribution in [2.75, 3.05) is 5.75 Å². The number of nitrogens with one attached hydrogen (secondary N) is 1. The van der Waals surface area contributed by atoms with Gasteiger partial charge in [-0.15, -0.1) is 11.8 Å². The zero-order chi connectivity index (χ0) is 15.0. The van der Waals surface area contributed by atoms with Gasteiger partial charge < -0.3 is 5.32 Å². The van der Waals surface area contributed by atoms with E-state index in [2.05, 4.69) is 19.2 Å². The van der Waals surface area contributed by atoms with Gasteiger partial charge in [-0.2, -0.15) is 0 Å². The van der Waals surface area contributed by atoms with Crippen LogP contribution in [0.2, 0.25) is 0 Å². The Morgan fingerprint density at radius 1 is 1.30 bits per heavy atom. The van der Waals surface area contributed by atoms with E-state index in [1.807, 2.05) is 0 Å². The van der Waals surface area contributed by atoms with Crippen molar-refractivity contribution in [3.63, 3.8) is 0 Å². The molecule has 0 saturated heterocycles. The molecule has 1 rings (SSSR count). The number of hydrogen-bond acceptors (Lipinski definition) is 4. The predicted octanol–water partition coefficient (Wildman–Crippen LogP) is 3.13. The molecule has 0 aliphatic carbocycles. The lowest BCUT2D eigenvalue weighted by molar-refractivity contribution is -0.384. The minimum atomic E-state index is -0.417. The molecule has 0 unspecified atom stereocenters. The second-order valence-corrected chi connectivity index (χ2v) is 5.48. The summed E-state index contributed by atoms with van der Waals surface area (Å²) < 4.78 is 0. The number of amides is 1. The summed E-state index contributed by atoms with van der Waals surface area (Å²) in [5.74, 6) is 1.13. The molecule has 0 atom stereocenters. The summed E-state index contributed by atoms with van der Waals surface area (Å²) in [6.07, 6.45) is 1.88. The number of benzene rings is 1. The molecule has 20 heavy (non-hydrogen) atoms. The Kier molecular flexibility index (Phi) is 7.08. The first kappa shape index (κ1) is 16.5. The molecule has 0 fully saturated rings. The Morgan fingerprint density at radius 3 is 2.40 bits per heavy atom. The smallest absolute Gasteiger partial charge is 0.269 e. The minimum absolute atomic E-state index is 0.0469. The van der Waals surface area contributed by atoms with E-state index < -0.39 is 4.92 Å². The number of rotatable bonds is 8. The average molecular weight is 296 g/mol. The maximum atomic E-state index is 11.7. The summed E-state index contributed by atoms with van der Waals surface area (Å²) in [7, 11) is 0. The zero-order valence-corrected chi connectivity index (χ0v) is 12.6. The highest BCUT2D eigenvalue weighted by Crippen LogP contribution is 2.16. The maximum Gasteiger partial charge on any atom is 0.269 e. The maximum absolute atomic E-state index is 11.7. The van der Waals surface area contributed by atoms with Crippen molar-refractivity contribution in [1.29, 1.82) is 0 Å². The Morgan fingerprint density at radius 2 is 1.90 bits per heavy atom. The molecule has 0 aliphatic rings. The van der Waals surface area contributed by atoms with Gasteiger partial charge in [0.05, 0.1) is 10.7 Å². The van der Waals surface area contributed by atoms with Crippen LogP contribution in [0.25, 0.3) is 0 Å². The summed E-state index contributed by atoms with van der Waals surface area (Å²) in [4.78, 5) is 21.8. The van der Waals surface area contributed by atoms with Gasteiger partial charge in [-0.3, -0.25) is 14.9 Å². The third-order valence-electron chi connectivity index (χ3n) is 3.00. The van der Waals surface area contributed by atoms with Crippen LogP contribution in [0, 0.1) is 10.1 Å². The third-order valence-corrected chi connectivity index (χ3v) is 4.00. The minimum Gasteiger partial charge on any atom is -0.353 e. The Hall–Kier alpha value is -1.56. The molecule has 0 aromatic heterocycles. The normalized spacial score (nSPS) is 10.6. The fourth-order valence-electron chi connectivity index (χ4n) is 1.74. The van der Waals surface area contributed by atoms with Crippen LogP contribution in [0.3, 0.4) is 0 Å². The molecule has 110 valence electrons. The number of nitro benzene ring substituents is 1. The Bertz CT molecular complexity index is 444. The van der Waals surface area contributed by atoms with Crippen LogP contribution < -0.4 is 5.32 Å². The molecule has 0 aliphatic heterocycles. The van der Waals surface area contributed by atoms with Gasteiger partial charge in [0.2, 0.25) is 5.91 Å². The summed E-state index contributed by atoms with van der Waals surface area (Å²) in [5.41, 5.74) is 1.07. The van der Waals surface area contributed by atoms with Crippen LogP contribution in [0.1, 0.15) is 32.3 Å². The first-order chi connectivity index (χ1) is 9.56. The molecule has 5 nitrogen and oxygen atoms in total. The van der Waals surface area contributed by atoms with Crippen LogP contribution >= 0.6 is 11.8 Å². The summed E-state index contributed by atoms with van der Waals surface area (Å²) in [5, 5.41) is 13.5. The molecule has 1 N–H and O–H groups in total. The first-order valence-corrected chi connectivity index (χ1v) is 7.82. The molecule has 6 heteroatoms. The molecule has 1 aromatic rings. The van der Waals surface area contributed by atoms with Crippen molar-refractivity contribution in [2.45, 2.75) is 38.5 Å². The Labute approximate surface area is 123 Å². The number of hydrogen-bond donors (Lipinski definition) is 1. The summed E-state index contributed by atoms with van der Waals surface area (Å²) >= 11 is 1.51. The summed E-state index contributed by atoms with van der Waals surface area (Å²) in [6.45, 7) is 4.11. The molecule has 1 amide bonds. The highest BCUT2D eigenvalue weighted by atomic mass is 32.2. The molecule has 1 aromatic carbocycles. The molecular weight excluding hydrogens is 276 g/mol. The van der Waals surface area contributed by atoms with Gasteiger partial charge in [-0.05, 0) is 18.4 Å². The predicted molar refractivity (Wildman–Crippen MR) is 81.8 cm³/mol. The lowest BCUT2D eigenvalue weighted by Crippen LogP contribution is -2.35. The van der Waals surface area contributed by atoms with Crippen molar-refractivity contribution >= 4 is 23.4 Å². The molecule has 0 bridgehead atoms. The number of nitro groups is 1. The van der Waals surface area contributed by atoms with E-state index in [0.717, 1.165) is 18.4 Å². The van der Waals surface area contributed by atoms with Gasteiger partial charge >= 0.3 is 0 Å². The van der Waals surface area contributed by atoms with E-state index >= 15 is 0 Å². The van der Waals surface area contributed by atoms with Crippen molar-refractivity contribution in [1.82, 2.24) is 5.32 Å². The lowest BCUT2D eigenvalue weighted by atomic mass is 10.2. The van der Waals surface area contributed by atoms with E-state index in [9.17, 15) is 14.9 Å². The van der Waals surface area contributed by atoms with Gasteiger partial charge in [-0.1, -0.05) is 26.0 Å². The van der Waals surface area contributed by atoms with Gasteiger partial charge in [0.15, 0.2) is 0 Å². The van der Waals surface area contributed by atoms with E-state index in [-0.39, 0.29) is 17.6 Å². The molecule has 0 radical (unpaired) electrons. The third kappa shape index (κ3) is 5.61. The highest BCUT2D eigenvalue weighted by Gasteiger charge is 2.08. The van der Waals surface area contributed by atoms with E-state index in [4.69, 9.17) is 0 Å². The van der Waals surface area contributed by atoms with Gasteiger partial charge in [0, 0.05) is 23.9 Å². The molecule has 0 spiro atoms. The van der Waals surface area contributed by atoms with Crippen LogP contribution in [0.5, 0.6) is 0 Å². The highest BCUT2D eigenvalue weighted by molar-refractivity contribution is 7.99. The second-order valence-electron chi connectivity index (χ2n) is 4.50. The largest absolute Gasteiger partial charge is 0.353 e. The number of carbonyl (C=O) groups excluding carboxylic acids is 1. The first-order valence-electron chi connectivity index (χ1n) is 6.67. The van der Waals surface area contributed by atoms with Crippen LogP contribution in [0.15, 0.2) is 24.3 Å². The average Bonchev–Trinajstić information content (AvgIpc) is 2.45. The van der Waals surface area contributed by atoms with Gasteiger partial charge in [-0.25, -0.2) is 0 Å². The number of carbonyl (C=O) groups is 1. The topological polar surface area (TPSA) is 72.2 Å². The SMILES string of the molecule is CCC(CC)NC(=O)CSCc1ccc([N+](=O)[O-])cc1. The van der Waals surface area contributed by atoms with E-state index in [1.54, 1.807) is 12.1 Å². The Balaban J connectivity index is 2.33. The standard InChI is InChI=1S/C14H20N2O3S/c1-3-12(4-2)15-14(17)10-20-9-11-5-7-13(8-6-11)16(18)19/h5-8,12H,3-4,9-10H2,1-2H3,(H,15,17). The molecule has 0 heterocycles. The fourth-order valence-corrected chi connectivity index (χ4v) is 2.54. The van der Waals surface area contributed by atoms with Crippen LogP contribution in [-0.4, -0.2) is 22.6 Å². The van der Waals surface area contributed by atoms with Crippen LogP contribution in [-0.2, 0) is 10.5 Å². The lowest BCUT2D eigenvalue weighted by Gasteiger charge is -2.14. The van der Waals surface area contributed by atoms with Crippen molar-refractivity contribution in [3.8, 4) is 0 Å². The zero-order valence-electron chi connectivity index (χ0n) is 11.8. The number of nitrogens with zero attached hydrogens (tertiary/aromatic N) is 1. The quantitative estimate of drug-likeness (QED) is 0.591. The van der Waals surface area contributed by atoms with Gasteiger partial charge in [0.25, 0.3) is 5.69 Å². The second kappa shape index (κ2) is 8.58. The van der Waals surface area contributed by atoms with E-state index in [1.165, 1.54) is 23.9 Å². The number of thioether (sulfide) groups is 1. The van der Waals surface area contributed by atoms with Crippen molar-refractivity contribution in [3.05, 3.63) is 39.9 Å². The fraction of sp³-hybridized carbons (Fsp3) is 0.500. The van der Waals surface area contributed by atoms with Gasteiger partial charge in [0.1, 0.15) is 0 Å². The monoisotopic (exact) mass is 296 g/mol. The molecule has 0 saturated carbocycles. The van der Waals surface area contributed by atoms with Crippen molar-refractivity contribution in [2.24, 2.45) is 0 Å².